The lowest BCUT2D eigenvalue weighted by Gasteiger charge is -2.26. The van der Waals surface area contributed by atoms with Crippen LogP contribution < -0.4 is 5.32 Å². The molecule has 0 radical (unpaired) electrons. The number of morpholine rings is 1. The van der Waals surface area contributed by atoms with E-state index in [0.29, 0.717) is 31.9 Å². The van der Waals surface area contributed by atoms with Crippen molar-refractivity contribution >= 4 is 22.0 Å². The van der Waals surface area contributed by atoms with Gasteiger partial charge in [0.05, 0.1) is 18.1 Å². The maximum atomic E-state index is 12.9. The first-order valence-corrected chi connectivity index (χ1v) is 10.3. The van der Waals surface area contributed by atoms with Crippen molar-refractivity contribution < 1.29 is 22.3 Å². The quantitative estimate of drug-likeness (QED) is 0.749. The Bertz CT molecular complexity index is 935. The Kier molecular flexibility index (Phi) is 6.56. The summed E-state index contributed by atoms with van der Waals surface area (Å²) < 4.78 is 44.6. The SMILES string of the molecule is O=C(/C=C/c1ccc(F)cc1)NCc1ccc(S(=O)(=O)N2CCOCC2)cc1. The first-order valence-electron chi connectivity index (χ1n) is 8.83. The van der Waals surface area contributed by atoms with Gasteiger partial charge < -0.3 is 10.1 Å². The molecule has 8 heteroatoms. The van der Waals surface area contributed by atoms with E-state index in [9.17, 15) is 17.6 Å². The summed E-state index contributed by atoms with van der Waals surface area (Å²) in [5.41, 5.74) is 1.50. The van der Waals surface area contributed by atoms with Gasteiger partial charge in [0, 0.05) is 25.7 Å². The largest absolute Gasteiger partial charge is 0.379 e. The smallest absolute Gasteiger partial charge is 0.244 e. The fourth-order valence-electron chi connectivity index (χ4n) is 2.71. The van der Waals surface area contributed by atoms with Gasteiger partial charge in [-0.25, -0.2) is 12.8 Å². The van der Waals surface area contributed by atoms with Crippen molar-refractivity contribution in [2.24, 2.45) is 0 Å². The number of carbonyl (C=O) groups excluding carboxylic acids is 1. The van der Waals surface area contributed by atoms with Crippen LogP contribution in [0.1, 0.15) is 11.1 Å². The molecule has 0 unspecified atom stereocenters. The Hall–Kier alpha value is -2.55. The van der Waals surface area contributed by atoms with Crippen molar-refractivity contribution in [3.63, 3.8) is 0 Å². The van der Waals surface area contributed by atoms with Crippen LogP contribution in [-0.4, -0.2) is 44.9 Å². The van der Waals surface area contributed by atoms with Crippen LogP contribution in [0.15, 0.2) is 59.5 Å². The van der Waals surface area contributed by atoms with E-state index in [-0.39, 0.29) is 23.2 Å². The highest BCUT2D eigenvalue weighted by molar-refractivity contribution is 7.89. The van der Waals surface area contributed by atoms with E-state index in [1.54, 1.807) is 42.5 Å². The Balaban J connectivity index is 1.55. The number of benzene rings is 2. The molecule has 148 valence electrons. The Labute approximate surface area is 163 Å². The molecule has 0 aromatic heterocycles. The number of ether oxygens (including phenoxy) is 1. The molecule has 2 aromatic carbocycles. The molecule has 0 aliphatic carbocycles. The molecule has 1 N–H and O–H groups in total. The number of nitrogens with zero attached hydrogens (tertiary/aromatic N) is 1. The van der Waals surface area contributed by atoms with Crippen molar-refractivity contribution in [1.82, 2.24) is 9.62 Å². The molecule has 1 amide bonds. The molecule has 6 nitrogen and oxygen atoms in total. The monoisotopic (exact) mass is 404 g/mol. The van der Waals surface area contributed by atoms with Crippen LogP contribution in [0.3, 0.4) is 0 Å². The van der Waals surface area contributed by atoms with Crippen LogP contribution in [-0.2, 0) is 26.1 Å². The van der Waals surface area contributed by atoms with E-state index in [1.165, 1.54) is 22.5 Å². The average molecular weight is 404 g/mol. The van der Waals surface area contributed by atoms with Gasteiger partial charge in [-0.1, -0.05) is 24.3 Å². The third-order valence-electron chi connectivity index (χ3n) is 4.30. The first-order chi connectivity index (χ1) is 13.4. The molecule has 0 bridgehead atoms. The molecule has 0 saturated carbocycles. The highest BCUT2D eigenvalue weighted by atomic mass is 32.2. The lowest BCUT2D eigenvalue weighted by molar-refractivity contribution is -0.116. The van der Waals surface area contributed by atoms with Crippen LogP contribution in [0.4, 0.5) is 4.39 Å². The predicted molar refractivity (Wildman–Crippen MR) is 103 cm³/mol. The van der Waals surface area contributed by atoms with Gasteiger partial charge in [0.2, 0.25) is 15.9 Å². The number of nitrogens with one attached hydrogen (secondary N) is 1. The predicted octanol–water partition coefficient (Wildman–Crippen LogP) is 2.18. The molecular formula is C20H21FN2O4S. The van der Waals surface area contributed by atoms with Crippen molar-refractivity contribution in [2.75, 3.05) is 26.3 Å². The van der Waals surface area contributed by atoms with Crippen LogP contribution in [0.5, 0.6) is 0 Å². The number of amides is 1. The molecule has 1 saturated heterocycles. The minimum Gasteiger partial charge on any atom is -0.379 e. The second kappa shape index (κ2) is 9.09. The summed E-state index contributed by atoms with van der Waals surface area (Å²) >= 11 is 0. The zero-order valence-electron chi connectivity index (χ0n) is 15.2. The van der Waals surface area contributed by atoms with Crippen LogP contribution >= 0.6 is 0 Å². The average Bonchev–Trinajstić information content (AvgIpc) is 2.73. The lowest BCUT2D eigenvalue weighted by Crippen LogP contribution is -2.40. The molecule has 2 aromatic rings. The van der Waals surface area contributed by atoms with E-state index in [2.05, 4.69) is 5.32 Å². The highest BCUT2D eigenvalue weighted by Gasteiger charge is 2.25. The third-order valence-corrected chi connectivity index (χ3v) is 6.21. The number of carbonyl (C=O) groups is 1. The Morgan fingerprint density at radius 2 is 1.71 bits per heavy atom. The van der Waals surface area contributed by atoms with Gasteiger partial charge in [-0.2, -0.15) is 4.31 Å². The number of rotatable bonds is 6. The summed E-state index contributed by atoms with van der Waals surface area (Å²) in [6.07, 6.45) is 2.96. The van der Waals surface area contributed by atoms with Gasteiger partial charge in [-0.3, -0.25) is 4.79 Å². The Morgan fingerprint density at radius 1 is 1.07 bits per heavy atom. The minimum absolute atomic E-state index is 0.223. The first kappa shape index (κ1) is 20.2. The maximum absolute atomic E-state index is 12.9. The molecule has 0 spiro atoms. The van der Waals surface area contributed by atoms with Gasteiger partial charge in [0.1, 0.15) is 5.82 Å². The van der Waals surface area contributed by atoms with Gasteiger partial charge in [-0.05, 0) is 41.5 Å². The van der Waals surface area contributed by atoms with Gasteiger partial charge in [-0.15, -0.1) is 0 Å². The normalized spacial score (nSPS) is 15.6. The third kappa shape index (κ3) is 5.25. The molecular weight excluding hydrogens is 383 g/mol. The standard InChI is InChI=1S/C20H21FN2O4S/c21-18-6-1-16(2-7-18)5-10-20(24)22-15-17-3-8-19(9-4-17)28(25,26)23-11-13-27-14-12-23/h1-10H,11-15H2,(H,22,24)/b10-5+. The second-order valence-corrected chi connectivity index (χ2v) is 8.20. The second-order valence-electron chi connectivity index (χ2n) is 6.26. The van der Waals surface area contributed by atoms with Crippen LogP contribution in [0.25, 0.3) is 6.08 Å². The number of hydrogen-bond acceptors (Lipinski definition) is 4. The topological polar surface area (TPSA) is 75.7 Å². The summed E-state index contributed by atoms with van der Waals surface area (Å²) in [6, 6.07) is 12.2. The summed E-state index contributed by atoms with van der Waals surface area (Å²) in [6.45, 7) is 1.76. The number of sulfonamides is 1. The van der Waals surface area contributed by atoms with E-state index < -0.39 is 10.0 Å². The van der Waals surface area contributed by atoms with Crippen molar-refractivity contribution in [3.8, 4) is 0 Å². The summed E-state index contributed by atoms with van der Waals surface area (Å²) in [7, 11) is -3.52. The van der Waals surface area contributed by atoms with Gasteiger partial charge >= 0.3 is 0 Å². The minimum atomic E-state index is -3.52. The zero-order chi connectivity index (χ0) is 20.0. The van der Waals surface area contributed by atoms with Crippen LogP contribution in [0.2, 0.25) is 0 Å². The molecule has 1 heterocycles. The van der Waals surface area contributed by atoms with Gasteiger partial charge in [0.15, 0.2) is 0 Å². The molecule has 1 aliphatic heterocycles. The molecule has 1 aliphatic rings. The molecule has 0 atom stereocenters. The van der Waals surface area contributed by atoms with Crippen molar-refractivity contribution in [2.45, 2.75) is 11.4 Å². The molecule has 1 fully saturated rings. The number of hydrogen-bond donors (Lipinski definition) is 1. The molecule has 3 rings (SSSR count). The highest BCUT2D eigenvalue weighted by Crippen LogP contribution is 2.17. The maximum Gasteiger partial charge on any atom is 0.244 e. The summed E-state index contributed by atoms with van der Waals surface area (Å²) in [5.74, 6) is -0.630. The number of halogens is 1. The summed E-state index contributed by atoms with van der Waals surface area (Å²) in [4.78, 5) is 12.1. The van der Waals surface area contributed by atoms with E-state index in [4.69, 9.17) is 4.74 Å². The van der Waals surface area contributed by atoms with E-state index in [1.807, 2.05) is 0 Å². The Morgan fingerprint density at radius 3 is 2.36 bits per heavy atom. The molecule has 28 heavy (non-hydrogen) atoms. The fourth-order valence-corrected chi connectivity index (χ4v) is 4.12. The van der Waals surface area contributed by atoms with E-state index in [0.717, 1.165) is 5.56 Å². The summed E-state index contributed by atoms with van der Waals surface area (Å²) in [5, 5.41) is 2.73. The lowest BCUT2D eigenvalue weighted by atomic mass is 10.2. The van der Waals surface area contributed by atoms with Crippen LogP contribution in [0, 0.1) is 5.82 Å². The van der Waals surface area contributed by atoms with Crippen molar-refractivity contribution in [1.29, 1.82) is 0 Å². The van der Waals surface area contributed by atoms with Gasteiger partial charge in [0.25, 0.3) is 0 Å². The van der Waals surface area contributed by atoms with Crippen molar-refractivity contribution in [3.05, 3.63) is 71.6 Å². The fraction of sp³-hybridized carbons (Fsp3) is 0.250. The zero-order valence-corrected chi connectivity index (χ0v) is 16.0. The van der Waals surface area contributed by atoms with E-state index >= 15 is 0 Å².